The number of methoxy groups -OCH3 is 1. The van der Waals surface area contributed by atoms with Gasteiger partial charge in [-0.2, -0.15) is 5.10 Å². The van der Waals surface area contributed by atoms with Crippen molar-refractivity contribution >= 4 is 23.1 Å². The van der Waals surface area contributed by atoms with E-state index in [0.717, 1.165) is 46.9 Å². The third-order valence-corrected chi connectivity index (χ3v) is 5.36. The number of H-pyrrole nitrogens is 1. The first-order chi connectivity index (χ1) is 14.5. The Balaban J connectivity index is 1.55. The number of nitrogens with one attached hydrogen (secondary N) is 2. The van der Waals surface area contributed by atoms with Crippen LogP contribution in [0.2, 0.25) is 5.02 Å². The third kappa shape index (κ3) is 4.08. The molecule has 1 heterocycles. The van der Waals surface area contributed by atoms with E-state index in [1.54, 1.807) is 19.2 Å². The van der Waals surface area contributed by atoms with Crippen LogP contribution in [0.25, 0.3) is 11.3 Å². The molecule has 3 aromatic rings. The summed E-state index contributed by atoms with van der Waals surface area (Å²) in [6, 6.07) is 8.53. The molecule has 158 valence electrons. The Bertz CT molecular complexity index is 1070. The second-order valence-corrected chi connectivity index (χ2v) is 7.93. The van der Waals surface area contributed by atoms with Crippen LogP contribution in [0.1, 0.15) is 17.5 Å². The Morgan fingerprint density at radius 2 is 2.07 bits per heavy atom. The van der Waals surface area contributed by atoms with Gasteiger partial charge in [-0.15, -0.1) is 0 Å². The molecule has 0 saturated carbocycles. The maximum absolute atomic E-state index is 13.4. The average molecular weight is 431 g/mol. The molecule has 2 N–H and O–H groups in total. The van der Waals surface area contributed by atoms with Gasteiger partial charge < -0.3 is 19.7 Å². The van der Waals surface area contributed by atoms with Gasteiger partial charge in [0, 0.05) is 29.8 Å². The molecule has 0 radical (unpaired) electrons. The van der Waals surface area contributed by atoms with Gasteiger partial charge in [0.25, 0.3) is 0 Å². The summed E-state index contributed by atoms with van der Waals surface area (Å²) in [7, 11) is 5.73. The summed E-state index contributed by atoms with van der Waals surface area (Å²) in [5.74, 6) is 1.74. The minimum absolute atomic E-state index is 0.0697. The molecule has 6 nitrogen and oxygen atoms in total. The number of aromatic amines is 1. The van der Waals surface area contributed by atoms with Gasteiger partial charge in [0.05, 0.1) is 24.4 Å². The normalized spacial score (nSPS) is 12.1. The van der Waals surface area contributed by atoms with E-state index < -0.39 is 5.82 Å². The molecule has 0 aliphatic heterocycles. The monoisotopic (exact) mass is 430 g/mol. The van der Waals surface area contributed by atoms with Gasteiger partial charge in [-0.3, -0.25) is 5.10 Å². The SMILES string of the molecule is COc1cc2c(cc1OCCCN(C)C)Cc1c-2n[nH]c1Nc1ccc(F)c(Cl)c1. The second-order valence-electron chi connectivity index (χ2n) is 7.52. The van der Waals surface area contributed by atoms with Crippen LogP contribution in [-0.2, 0) is 6.42 Å². The fraction of sp³-hybridized carbons (Fsp3) is 0.318. The van der Waals surface area contributed by atoms with E-state index in [1.807, 2.05) is 26.2 Å². The molecular formula is C22H24ClFN4O2. The fourth-order valence-corrected chi connectivity index (χ4v) is 3.76. The molecule has 1 aliphatic rings. The highest BCUT2D eigenvalue weighted by molar-refractivity contribution is 6.31. The van der Waals surface area contributed by atoms with Crippen molar-refractivity contribution in [2.24, 2.45) is 0 Å². The van der Waals surface area contributed by atoms with E-state index in [0.29, 0.717) is 24.5 Å². The highest BCUT2D eigenvalue weighted by Gasteiger charge is 2.27. The number of fused-ring (bicyclic) bond motifs is 3. The van der Waals surface area contributed by atoms with Crippen LogP contribution in [0.3, 0.4) is 0 Å². The Hall–Kier alpha value is -2.77. The van der Waals surface area contributed by atoms with Crippen molar-refractivity contribution in [1.82, 2.24) is 15.1 Å². The molecule has 0 saturated heterocycles. The number of aromatic nitrogens is 2. The predicted octanol–water partition coefficient (Wildman–Crippen LogP) is 4.86. The Morgan fingerprint density at radius 1 is 1.23 bits per heavy atom. The molecule has 1 aromatic heterocycles. The number of rotatable bonds is 8. The van der Waals surface area contributed by atoms with Gasteiger partial charge in [0.15, 0.2) is 11.5 Å². The summed E-state index contributed by atoms with van der Waals surface area (Å²) in [4.78, 5) is 2.13. The molecule has 1 aliphatic carbocycles. The number of hydrogen-bond acceptors (Lipinski definition) is 5. The first-order valence-corrected chi connectivity index (χ1v) is 10.1. The lowest BCUT2D eigenvalue weighted by Crippen LogP contribution is -2.15. The Labute approximate surface area is 179 Å². The van der Waals surface area contributed by atoms with Crippen molar-refractivity contribution in [3.8, 4) is 22.8 Å². The number of anilines is 2. The van der Waals surface area contributed by atoms with Gasteiger partial charge in [0.1, 0.15) is 11.6 Å². The van der Waals surface area contributed by atoms with Crippen LogP contribution in [0.4, 0.5) is 15.9 Å². The van der Waals surface area contributed by atoms with E-state index in [4.69, 9.17) is 21.1 Å². The molecular weight excluding hydrogens is 407 g/mol. The molecule has 4 rings (SSSR count). The number of ether oxygens (including phenoxy) is 2. The molecule has 0 bridgehead atoms. The van der Waals surface area contributed by atoms with Crippen LogP contribution in [0.5, 0.6) is 11.5 Å². The summed E-state index contributed by atoms with van der Waals surface area (Å²) in [5.41, 5.74) is 4.75. The first-order valence-electron chi connectivity index (χ1n) is 9.74. The van der Waals surface area contributed by atoms with Crippen molar-refractivity contribution < 1.29 is 13.9 Å². The third-order valence-electron chi connectivity index (χ3n) is 5.08. The highest BCUT2D eigenvalue weighted by Crippen LogP contribution is 2.44. The van der Waals surface area contributed by atoms with Crippen molar-refractivity contribution in [3.63, 3.8) is 0 Å². The highest BCUT2D eigenvalue weighted by atomic mass is 35.5. The smallest absolute Gasteiger partial charge is 0.161 e. The minimum atomic E-state index is -0.449. The van der Waals surface area contributed by atoms with Crippen LogP contribution in [-0.4, -0.2) is 49.5 Å². The van der Waals surface area contributed by atoms with Gasteiger partial charge in [-0.05, 0) is 56.4 Å². The largest absolute Gasteiger partial charge is 0.493 e. The van der Waals surface area contributed by atoms with Crippen LogP contribution >= 0.6 is 11.6 Å². The summed E-state index contributed by atoms with van der Waals surface area (Å²) in [5, 5.41) is 10.8. The molecule has 2 aromatic carbocycles. The zero-order valence-corrected chi connectivity index (χ0v) is 17.9. The van der Waals surface area contributed by atoms with E-state index in [2.05, 4.69) is 20.4 Å². The number of benzene rings is 2. The zero-order chi connectivity index (χ0) is 21.3. The van der Waals surface area contributed by atoms with Gasteiger partial charge >= 0.3 is 0 Å². The summed E-state index contributed by atoms with van der Waals surface area (Å²) >= 11 is 5.89. The molecule has 0 fully saturated rings. The molecule has 0 unspecified atom stereocenters. The Morgan fingerprint density at radius 3 is 2.80 bits per heavy atom. The minimum Gasteiger partial charge on any atom is -0.493 e. The van der Waals surface area contributed by atoms with Crippen LogP contribution < -0.4 is 14.8 Å². The lowest BCUT2D eigenvalue weighted by molar-refractivity contribution is 0.268. The summed E-state index contributed by atoms with van der Waals surface area (Å²) in [6.45, 7) is 1.59. The fourth-order valence-electron chi connectivity index (χ4n) is 3.58. The first kappa shape index (κ1) is 20.5. The van der Waals surface area contributed by atoms with Gasteiger partial charge in [0.2, 0.25) is 0 Å². The topological polar surface area (TPSA) is 62.4 Å². The molecule has 0 spiro atoms. The predicted molar refractivity (Wildman–Crippen MR) is 117 cm³/mol. The quantitative estimate of drug-likeness (QED) is 0.391. The summed E-state index contributed by atoms with van der Waals surface area (Å²) < 4.78 is 25.0. The molecule has 8 heteroatoms. The standard InChI is InChI=1S/C22H24ClFN4O2/c1-28(2)7-4-8-30-20-10-13-9-16-21(15(13)12-19(20)29-3)26-27-22(16)25-14-5-6-18(24)17(23)11-14/h5-6,10-12H,4,7-9H2,1-3H3,(H2,25,26,27). The van der Waals surface area contributed by atoms with E-state index in [-0.39, 0.29) is 5.02 Å². The van der Waals surface area contributed by atoms with Crippen molar-refractivity contribution in [2.75, 3.05) is 39.7 Å². The lowest BCUT2D eigenvalue weighted by atomic mass is 10.1. The number of halogens is 2. The summed E-state index contributed by atoms with van der Waals surface area (Å²) in [6.07, 6.45) is 1.64. The molecule has 0 amide bonds. The lowest BCUT2D eigenvalue weighted by Gasteiger charge is -2.14. The molecule has 0 atom stereocenters. The van der Waals surface area contributed by atoms with Crippen LogP contribution in [0.15, 0.2) is 30.3 Å². The van der Waals surface area contributed by atoms with Crippen molar-refractivity contribution in [3.05, 3.63) is 52.3 Å². The second kappa shape index (κ2) is 8.53. The molecule has 30 heavy (non-hydrogen) atoms. The van der Waals surface area contributed by atoms with Gasteiger partial charge in [-0.25, -0.2) is 4.39 Å². The number of hydrogen-bond donors (Lipinski definition) is 2. The van der Waals surface area contributed by atoms with Crippen molar-refractivity contribution in [1.29, 1.82) is 0 Å². The zero-order valence-electron chi connectivity index (χ0n) is 17.2. The average Bonchev–Trinajstić information content (AvgIpc) is 3.26. The Kier molecular flexibility index (Phi) is 5.83. The van der Waals surface area contributed by atoms with Crippen molar-refractivity contribution in [2.45, 2.75) is 12.8 Å². The van der Waals surface area contributed by atoms with E-state index in [9.17, 15) is 4.39 Å². The maximum atomic E-state index is 13.4. The van der Waals surface area contributed by atoms with Gasteiger partial charge in [-0.1, -0.05) is 11.6 Å². The number of nitrogens with zero attached hydrogens (tertiary/aromatic N) is 2. The van der Waals surface area contributed by atoms with E-state index >= 15 is 0 Å². The van der Waals surface area contributed by atoms with E-state index in [1.165, 1.54) is 6.07 Å². The maximum Gasteiger partial charge on any atom is 0.161 e. The van der Waals surface area contributed by atoms with Crippen LogP contribution in [0, 0.1) is 5.82 Å².